The van der Waals surface area contributed by atoms with Crippen molar-refractivity contribution in [3.05, 3.63) is 0 Å². The molecule has 0 saturated carbocycles. The molecule has 0 aromatic rings. The van der Waals surface area contributed by atoms with E-state index in [2.05, 4.69) is 24.5 Å². The summed E-state index contributed by atoms with van der Waals surface area (Å²) < 4.78 is 4.85. The highest BCUT2D eigenvalue weighted by Crippen LogP contribution is 2.09. The standard InChI is InChI=1S/C8H17NO5Si/c1-15(2,3)7-6-11-8(10)14-9-12-4-5-13-9/h4-7H2,1-3H3. The number of ether oxygens (including phenoxy) is 1. The molecule has 0 bridgehead atoms. The average Bonchev–Trinajstić information content (AvgIpc) is 2.54. The number of hydrogen-bond donors (Lipinski definition) is 0. The summed E-state index contributed by atoms with van der Waals surface area (Å²) in [5.74, 6) is 0. The van der Waals surface area contributed by atoms with Crippen molar-refractivity contribution in [2.75, 3.05) is 19.8 Å². The highest BCUT2D eigenvalue weighted by atomic mass is 28.3. The molecule has 1 fully saturated rings. The molecule has 0 N–H and O–H groups in total. The molecule has 0 atom stereocenters. The van der Waals surface area contributed by atoms with Crippen LogP contribution in [0.2, 0.25) is 25.7 Å². The summed E-state index contributed by atoms with van der Waals surface area (Å²) in [6.45, 7) is 7.74. The molecular weight excluding hydrogens is 218 g/mol. The van der Waals surface area contributed by atoms with Gasteiger partial charge in [-0.05, 0) is 6.04 Å². The fourth-order valence-corrected chi connectivity index (χ4v) is 1.56. The van der Waals surface area contributed by atoms with E-state index in [1.165, 1.54) is 0 Å². The van der Waals surface area contributed by atoms with Crippen LogP contribution in [0.4, 0.5) is 4.79 Å². The summed E-state index contributed by atoms with van der Waals surface area (Å²) in [5, 5.41) is 0.677. The van der Waals surface area contributed by atoms with E-state index in [1.807, 2.05) is 0 Å². The van der Waals surface area contributed by atoms with E-state index in [0.717, 1.165) is 6.04 Å². The van der Waals surface area contributed by atoms with Crippen LogP contribution in [0, 0.1) is 0 Å². The molecule has 1 saturated heterocycles. The van der Waals surface area contributed by atoms with Gasteiger partial charge >= 0.3 is 6.16 Å². The predicted molar refractivity (Wildman–Crippen MR) is 54.3 cm³/mol. The lowest BCUT2D eigenvalue weighted by Crippen LogP contribution is -2.26. The molecule has 0 aromatic carbocycles. The Kier molecular flexibility index (Phi) is 4.52. The van der Waals surface area contributed by atoms with Crippen LogP contribution in [0.3, 0.4) is 0 Å². The van der Waals surface area contributed by atoms with Gasteiger partial charge in [-0.15, -0.1) is 0 Å². The molecule has 0 spiro atoms. The Bertz CT molecular complexity index is 212. The highest BCUT2D eigenvalue weighted by Gasteiger charge is 2.21. The number of rotatable bonds is 4. The molecule has 15 heavy (non-hydrogen) atoms. The van der Waals surface area contributed by atoms with Crippen molar-refractivity contribution in [3.63, 3.8) is 0 Å². The average molecular weight is 235 g/mol. The van der Waals surface area contributed by atoms with Crippen LogP contribution >= 0.6 is 0 Å². The Morgan fingerprint density at radius 3 is 2.47 bits per heavy atom. The van der Waals surface area contributed by atoms with Crippen LogP contribution in [-0.4, -0.2) is 39.4 Å². The zero-order chi connectivity index (χ0) is 11.3. The molecule has 88 valence electrons. The van der Waals surface area contributed by atoms with E-state index < -0.39 is 14.2 Å². The summed E-state index contributed by atoms with van der Waals surface area (Å²) >= 11 is 0. The summed E-state index contributed by atoms with van der Waals surface area (Å²) in [6.07, 6.45) is -0.796. The van der Waals surface area contributed by atoms with E-state index in [-0.39, 0.29) is 0 Å². The minimum Gasteiger partial charge on any atom is -0.433 e. The fraction of sp³-hybridized carbons (Fsp3) is 0.875. The molecular formula is C8H17NO5Si. The largest absolute Gasteiger partial charge is 0.531 e. The maximum absolute atomic E-state index is 11.1. The fourth-order valence-electron chi connectivity index (χ4n) is 0.841. The van der Waals surface area contributed by atoms with Gasteiger partial charge in [0.1, 0.15) is 18.6 Å². The van der Waals surface area contributed by atoms with Crippen molar-refractivity contribution in [2.45, 2.75) is 25.7 Å². The lowest BCUT2D eigenvalue weighted by molar-refractivity contribution is -0.459. The topological polar surface area (TPSA) is 57.2 Å². The van der Waals surface area contributed by atoms with Gasteiger partial charge in [-0.2, -0.15) is 0 Å². The maximum Gasteiger partial charge on any atom is 0.531 e. The number of carbonyl (C=O) groups excluding carboxylic acids is 1. The zero-order valence-corrected chi connectivity index (χ0v) is 10.3. The molecule has 0 radical (unpaired) electrons. The van der Waals surface area contributed by atoms with Gasteiger partial charge in [0, 0.05) is 8.07 Å². The van der Waals surface area contributed by atoms with Crippen molar-refractivity contribution in [3.8, 4) is 0 Å². The van der Waals surface area contributed by atoms with E-state index in [1.54, 1.807) is 0 Å². The zero-order valence-electron chi connectivity index (χ0n) is 9.32. The van der Waals surface area contributed by atoms with Crippen molar-refractivity contribution >= 4 is 14.2 Å². The van der Waals surface area contributed by atoms with Gasteiger partial charge in [-0.1, -0.05) is 19.6 Å². The Balaban J connectivity index is 2.08. The summed E-state index contributed by atoms with van der Waals surface area (Å²) in [4.78, 5) is 25.2. The minimum absolute atomic E-state index is 0.377. The van der Waals surface area contributed by atoms with Gasteiger partial charge in [0.25, 0.3) is 0 Å². The van der Waals surface area contributed by atoms with Crippen LogP contribution in [0.1, 0.15) is 0 Å². The molecule has 1 rings (SSSR count). The second-order valence-electron chi connectivity index (χ2n) is 4.39. The molecule has 6 nitrogen and oxygen atoms in total. The molecule has 0 aromatic heterocycles. The smallest absolute Gasteiger partial charge is 0.433 e. The van der Waals surface area contributed by atoms with Gasteiger partial charge in [0.05, 0.1) is 6.61 Å². The first-order valence-electron chi connectivity index (χ1n) is 4.88. The van der Waals surface area contributed by atoms with Crippen molar-refractivity contribution in [1.82, 2.24) is 5.39 Å². The third kappa shape index (κ3) is 5.73. The molecule has 0 unspecified atom stereocenters. The number of hydrogen-bond acceptors (Lipinski definition) is 6. The third-order valence-electron chi connectivity index (χ3n) is 1.70. The lowest BCUT2D eigenvalue weighted by atomic mass is 10.8. The van der Waals surface area contributed by atoms with E-state index in [9.17, 15) is 4.79 Å². The Morgan fingerprint density at radius 1 is 1.33 bits per heavy atom. The second kappa shape index (κ2) is 5.45. The van der Waals surface area contributed by atoms with E-state index >= 15 is 0 Å². The minimum atomic E-state index is -1.18. The first-order valence-corrected chi connectivity index (χ1v) is 8.59. The first kappa shape index (κ1) is 12.4. The molecule has 1 aliphatic rings. The summed E-state index contributed by atoms with van der Waals surface area (Å²) in [5.41, 5.74) is 0. The molecule has 0 amide bonds. The molecule has 0 aliphatic carbocycles. The van der Waals surface area contributed by atoms with E-state index in [4.69, 9.17) is 14.4 Å². The molecule has 1 heterocycles. The lowest BCUT2D eigenvalue weighted by Gasteiger charge is -2.15. The van der Waals surface area contributed by atoms with Crippen LogP contribution in [0.15, 0.2) is 0 Å². The maximum atomic E-state index is 11.1. The SMILES string of the molecule is C[Si](C)(C)CCOC(=O)ON1OCCO1. The van der Waals surface area contributed by atoms with Gasteiger partial charge in [0.2, 0.25) is 0 Å². The quantitative estimate of drug-likeness (QED) is 0.544. The van der Waals surface area contributed by atoms with Crippen LogP contribution in [0.25, 0.3) is 0 Å². The van der Waals surface area contributed by atoms with Crippen molar-refractivity contribution in [2.24, 2.45) is 0 Å². The second-order valence-corrected chi connectivity index (χ2v) is 10.0. The first-order chi connectivity index (χ1) is 6.97. The normalized spacial score (nSPS) is 17.8. The van der Waals surface area contributed by atoms with Crippen molar-refractivity contribution in [1.29, 1.82) is 0 Å². The highest BCUT2D eigenvalue weighted by molar-refractivity contribution is 6.76. The van der Waals surface area contributed by atoms with Crippen molar-refractivity contribution < 1.29 is 24.0 Å². The van der Waals surface area contributed by atoms with E-state index in [0.29, 0.717) is 25.2 Å². The Labute approximate surface area is 89.9 Å². The van der Waals surface area contributed by atoms with Crippen LogP contribution in [0.5, 0.6) is 0 Å². The van der Waals surface area contributed by atoms with Gasteiger partial charge in [-0.3, -0.25) is 4.84 Å². The van der Waals surface area contributed by atoms with Crippen LogP contribution in [-0.2, 0) is 19.2 Å². The third-order valence-corrected chi connectivity index (χ3v) is 3.40. The molecule has 1 aliphatic heterocycles. The summed E-state index contributed by atoms with van der Waals surface area (Å²) in [6, 6.07) is 0.907. The predicted octanol–water partition coefficient (Wildman–Crippen LogP) is 1.57. The van der Waals surface area contributed by atoms with Gasteiger partial charge in [0.15, 0.2) is 0 Å². The monoisotopic (exact) mass is 235 g/mol. The number of carbonyl (C=O) groups is 1. The Hall–Kier alpha value is -0.633. The number of nitrogens with zero attached hydrogens (tertiary/aromatic N) is 1. The Morgan fingerprint density at radius 2 is 1.93 bits per heavy atom. The van der Waals surface area contributed by atoms with Gasteiger partial charge < -0.3 is 4.74 Å². The van der Waals surface area contributed by atoms with Gasteiger partial charge in [-0.25, -0.2) is 14.5 Å². The molecule has 7 heteroatoms. The summed E-state index contributed by atoms with van der Waals surface area (Å²) in [7, 11) is -1.18. The van der Waals surface area contributed by atoms with Crippen LogP contribution < -0.4 is 0 Å².